The van der Waals surface area contributed by atoms with Gasteiger partial charge in [0, 0.05) is 5.25 Å². The van der Waals surface area contributed by atoms with Gasteiger partial charge in [0.25, 0.3) is 0 Å². The highest BCUT2D eigenvalue weighted by Gasteiger charge is 2.08. The van der Waals surface area contributed by atoms with Crippen molar-refractivity contribution in [3.05, 3.63) is 35.9 Å². The highest BCUT2D eigenvalue weighted by atomic mass is 32.1. The average molecular weight is 208 g/mol. The predicted molar refractivity (Wildman–Crippen MR) is 67.0 cm³/mol. The second kappa shape index (κ2) is 6.13. The molecule has 1 rings (SSSR count). The zero-order chi connectivity index (χ0) is 10.4. The van der Waals surface area contributed by atoms with Crippen molar-refractivity contribution in [1.82, 2.24) is 0 Å². The quantitative estimate of drug-likeness (QED) is 0.696. The van der Waals surface area contributed by atoms with Crippen molar-refractivity contribution in [3.8, 4) is 0 Å². The molecule has 0 N–H and O–H groups in total. The summed E-state index contributed by atoms with van der Waals surface area (Å²) in [6.45, 7) is 4.51. The van der Waals surface area contributed by atoms with Crippen molar-refractivity contribution in [2.24, 2.45) is 5.92 Å². The van der Waals surface area contributed by atoms with Gasteiger partial charge in [0.05, 0.1) is 0 Å². The highest BCUT2D eigenvalue weighted by Crippen LogP contribution is 2.17. The van der Waals surface area contributed by atoms with E-state index in [1.807, 2.05) is 0 Å². The first-order valence-corrected chi connectivity index (χ1v) is 5.96. The molecule has 0 aromatic heterocycles. The van der Waals surface area contributed by atoms with Crippen LogP contribution in [0, 0.1) is 5.92 Å². The molecule has 78 valence electrons. The van der Waals surface area contributed by atoms with Gasteiger partial charge in [-0.15, -0.1) is 0 Å². The van der Waals surface area contributed by atoms with Crippen molar-refractivity contribution >= 4 is 12.6 Å². The molecule has 0 saturated carbocycles. The van der Waals surface area contributed by atoms with Gasteiger partial charge in [0.1, 0.15) is 0 Å². The van der Waals surface area contributed by atoms with Crippen molar-refractivity contribution in [2.45, 2.75) is 38.4 Å². The maximum atomic E-state index is 4.54. The van der Waals surface area contributed by atoms with Gasteiger partial charge in [-0.05, 0) is 30.7 Å². The molecule has 1 aromatic rings. The molecule has 1 aromatic carbocycles. The van der Waals surface area contributed by atoms with E-state index in [-0.39, 0.29) is 0 Å². The first-order valence-electron chi connectivity index (χ1n) is 5.44. The molecule has 0 spiro atoms. The number of thiol groups is 1. The van der Waals surface area contributed by atoms with Crippen LogP contribution in [-0.2, 0) is 6.42 Å². The maximum absolute atomic E-state index is 4.54. The zero-order valence-corrected chi connectivity index (χ0v) is 10.0. The van der Waals surface area contributed by atoms with E-state index in [2.05, 4.69) is 56.8 Å². The van der Waals surface area contributed by atoms with Gasteiger partial charge in [-0.2, -0.15) is 12.6 Å². The van der Waals surface area contributed by atoms with Crippen molar-refractivity contribution in [3.63, 3.8) is 0 Å². The Hall–Kier alpha value is -0.430. The fraction of sp³-hybridized carbons (Fsp3) is 0.538. The molecule has 0 amide bonds. The van der Waals surface area contributed by atoms with Gasteiger partial charge in [0.2, 0.25) is 0 Å². The second-order valence-corrected chi connectivity index (χ2v) is 4.82. The molecule has 0 aliphatic heterocycles. The van der Waals surface area contributed by atoms with Gasteiger partial charge in [-0.3, -0.25) is 0 Å². The first kappa shape index (κ1) is 11.6. The van der Waals surface area contributed by atoms with Crippen LogP contribution in [0.5, 0.6) is 0 Å². The fourth-order valence-electron chi connectivity index (χ4n) is 1.73. The SMILES string of the molecule is CCC(S)CC(C)Cc1ccccc1. The van der Waals surface area contributed by atoms with E-state index in [0.717, 1.165) is 5.92 Å². The standard InChI is InChI=1S/C13H20S/c1-3-13(14)10-11(2)9-12-7-5-4-6-8-12/h4-8,11,13-14H,3,9-10H2,1-2H3. The van der Waals surface area contributed by atoms with Gasteiger partial charge < -0.3 is 0 Å². The lowest BCUT2D eigenvalue weighted by Gasteiger charge is -2.15. The van der Waals surface area contributed by atoms with Crippen LogP contribution >= 0.6 is 12.6 Å². The first-order chi connectivity index (χ1) is 6.72. The van der Waals surface area contributed by atoms with E-state index in [9.17, 15) is 0 Å². The summed E-state index contributed by atoms with van der Waals surface area (Å²) in [5.41, 5.74) is 1.44. The molecule has 0 aliphatic rings. The summed E-state index contributed by atoms with van der Waals surface area (Å²) < 4.78 is 0. The van der Waals surface area contributed by atoms with Gasteiger partial charge in [0.15, 0.2) is 0 Å². The number of benzene rings is 1. The summed E-state index contributed by atoms with van der Waals surface area (Å²) >= 11 is 4.54. The smallest absolute Gasteiger partial charge is 0.00168 e. The van der Waals surface area contributed by atoms with Crippen LogP contribution in [0.2, 0.25) is 0 Å². The van der Waals surface area contributed by atoms with Crippen LogP contribution in [0.3, 0.4) is 0 Å². The van der Waals surface area contributed by atoms with Crippen LogP contribution in [0.15, 0.2) is 30.3 Å². The molecule has 0 fully saturated rings. The van der Waals surface area contributed by atoms with Crippen LogP contribution in [0.4, 0.5) is 0 Å². The lowest BCUT2D eigenvalue weighted by Crippen LogP contribution is -2.07. The summed E-state index contributed by atoms with van der Waals surface area (Å²) in [5, 5.41) is 0.564. The molecule has 2 atom stereocenters. The van der Waals surface area contributed by atoms with Crippen LogP contribution in [-0.4, -0.2) is 5.25 Å². The largest absolute Gasteiger partial charge is 0.176 e. The Balaban J connectivity index is 2.37. The summed E-state index contributed by atoms with van der Waals surface area (Å²) in [5.74, 6) is 0.736. The molecule has 0 radical (unpaired) electrons. The molecule has 0 bridgehead atoms. The van der Waals surface area contributed by atoms with Gasteiger partial charge >= 0.3 is 0 Å². The third-order valence-corrected chi connectivity index (χ3v) is 3.15. The average Bonchev–Trinajstić information content (AvgIpc) is 2.19. The molecule has 0 heterocycles. The van der Waals surface area contributed by atoms with Gasteiger partial charge in [-0.1, -0.05) is 44.2 Å². The highest BCUT2D eigenvalue weighted by molar-refractivity contribution is 7.80. The number of hydrogen-bond acceptors (Lipinski definition) is 1. The second-order valence-electron chi connectivity index (χ2n) is 4.09. The van der Waals surface area contributed by atoms with Crippen LogP contribution in [0.25, 0.3) is 0 Å². The summed E-state index contributed by atoms with van der Waals surface area (Å²) in [7, 11) is 0. The zero-order valence-electron chi connectivity index (χ0n) is 9.11. The minimum absolute atomic E-state index is 0.564. The van der Waals surface area contributed by atoms with Crippen molar-refractivity contribution in [1.29, 1.82) is 0 Å². The molecular formula is C13H20S. The van der Waals surface area contributed by atoms with Gasteiger partial charge in [-0.25, -0.2) is 0 Å². The Morgan fingerprint density at radius 2 is 1.86 bits per heavy atom. The van der Waals surface area contributed by atoms with E-state index >= 15 is 0 Å². The third-order valence-electron chi connectivity index (χ3n) is 2.57. The van der Waals surface area contributed by atoms with Crippen LogP contribution < -0.4 is 0 Å². The molecule has 0 aliphatic carbocycles. The summed E-state index contributed by atoms with van der Waals surface area (Å²) in [6, 6.07) is 10.7. The van der Waals surface area contributed by atoms with E-state index in [1.165, 1.54) is 24.8 Å². The van der Waals surface area contributed by atoms with Crippen molar-refractivity contribution in [2.75, 3.05) is 0 Å². The van der Waals surface area contributed by atoms with E-state index in [4.69, 9.17) is 0 Å². The topological polar surface area (TPSA) is 0 Å². The summed E-state index contributed by atoms with van der Waals surface area (Å²) in [6.07, 6.45) is 3.56. The van der Waals surface area contributed by atoms with E-state index in [0.29, 0.717) is 5.25 Å². The van der Waals surface area contributed by atoms with E-state index < -0.39 is 0 Å². The Morgan fingerprint density at radius 3 is 2.43 bits per heavy atom. The fourth-order valence-corrected chi connectivity index (χ4v) is 2.09. The lowest BCUT2D eigenvalue weighted by molar-refractivity contribution is 0.514. The Labute approximate surface area is 93.1 Å². The molecule has 14 heavy (non-hydrogen) atoms. The minimum Gasteiger partial charge on any atom is -0.176 e. The monoisotopic (exact) mass is 208 g/mol. The van der Waals surface area contributed by atoms with Crippen LogP contribution in [0.1, 0.15) is 32.3 Å². The molecule has 2 unspecified atom stereocenters. The predicted octanol–water partition coefficient (Wildman–Crippen LogP) is 3.96. The Kier molecular flexibility index (Phi) is 5.10. The minimum atomic E-state index is 0.564. The van der Waals surface area contributed by atoms with Crippen molar-refractivity contribution < 1.29 is 0 Å². The number of rotatable bonds is 5. The number of hydrogen-bond donors (Lipinski definition) is 1. The van der Waals surface area contributed by atoms with E-state index in [1.54, 1.807) is 0 Å². The molecule has 0 saturated heterocycles. The molecule has 0 nitrogen and oxygen atoms in total. The summed E-state index contributed by atoms with van der Waals surface area (Å²) in [4.78, 5) is 0. The molecular weight excluding hydrogens is 188 g/mol. The maximum Gasteiger partial charge on any atom is 0.00168 e. The normalized spacial score (nSPS) is 15.1. The third kappa shape index (κ3) is 4.19. The lowest BCUT2D eigenvalue weighted by atomic mass is 9.96. The Morgan fingerprint density at radius 1 is 1.21 bits per heavy atom. The molecule has 1 heteroatoms. The Bertz CT molecular complexity index is 243.